The number of pyridine rings is 1. The monoisotopic (exact) mass is 402 g/mol. The zero-order valence-corrected chi connectivity index (χ0v) is 17.4. The van der Waals surface area contributed by atoms with Gasteiger partial charge in [0.2, 0.25) is 5.91 Å². The maximum absolute atomic E-state index is 12.8. The molecule has 0 aliphatic heterocycles. The number of fused-ring (bicyclic) bond motifs is 1. The average molecular weight is 402 g/mol. The Bertz CT molecular complexity index is 1070. The van der Waals surface area contributed by atoms with Gasteiger partial charge in [0, 0.05) is 35.9 Å². The first-order valence-electron chi connectivity index (χ1n) is 10.2. The number of nitrogens with one attached hydrogen (secondary N) is 2. The lowest BCUT2D eigenvalue weighted by Gasteiger charge is -2.12. The third-order valence-electron chi connectivity index (χ3n) is 5.29. The van der Waals surface area contributed by atoms with Crippen molar-refractivity contribution in [2.24, 2.45) is 0 Å². The number of aryl methyl sites for hydroxylation is 1. The fourth-order valence-electron chi connectivity index (χ4n) is 4.02. The Balaban J connectivity index is 1.73. The SMILES string of the molecule is CN(C)CC(=O)Nc1cc(-c2[nH]c3c(c2Cc2ccccc2)C(=O)CCC3)ccn1. The molecule has 0 atom stereocenters. The summed E-state index contributed by atoms with van der Waals surface area (Å²) in [6.45, 7) is 0.288. The van der Waals surface area contributed by atoms with Crippen LogP contribution in [0.4, 0.5) is 5.82 Å². The van der Waals surface area contributed by atoms with E-state index in [1.807, 2.05) is 49.3 Å². The maximum atomic E-state index is 12.8. The summed E-state index contributed by atoms with van der Waals surface area (Å²) in [5.74, 6) is 0.595. The fraction of sp³-hybridized carbons (Fsp3) is 0.292. The number of Topliss-reactive ketones (excluding diaryl/α,β-unsaturated/α-hetero) is 1. The van der Waals surface area contributed by atoms with Crippen LogP contribution in [0.1, 0.15) is 40.0 Å². The Morgan fingerprint density at radius 3 is 2.73 bits per heavy atom. The van der Waals surface area contributed by atoms with Crippen LogP contribution in [-0.4, -0.2) is 47.2 Å². The molecule has 4 rings (SSSR count). The first-order chi connectivity index (χ1) is 14.5. The zero-order chi connectivity index (χ0) is 21.1. The lowest BCUT2D eigenvalue weighted by Crippen LogP contribution is -2.27. The van der Waals surface area contributed by atoms with E-state index in [0.29, 0.717) is 18.7 Å². The van der Waals surface area contributed by atoms with Crippen LogP contribution in [0, 0.1) is 0 Å². The van der Waals surface area contributed by atoms with Crippen molar-refractivity contribution in [3.8, 4) is 11.3 Å². The molecule has 1 aromatic carbocycles. The fourth-order valence-corrected chi connectivity index (χ4v) is 4.02. The van der Waals surface area contributed by atoms with E-state index in [9.17, 15) is 9.59 Å². The van der Waals surface area contributed by atoms with Crippen LogP contribution >= 0.6 is 0 Å². The van der Waals surface area contributed by atoms with E-state index < -0.39 is 0 Å². The minimum atomic E-state index is -0.116. The summed E-state index contributed by atoms with van der Waals surface area (Å²) in [7, 11) is 3.69. The third kappa shape index (κ3) is 4.33. The number of aromatic nitrogens is 2. The molecule has 2 heterocycles. The van der Waals surface area contributed by atoms with Crippen LogP contribution in [-0.2, 0) is 17.6 Å². The van der Waals surface area contributed by atoms with Crippen molar-refractivity contribution in [2.45, 2.75) is 25.7 Å². The molecule has 1 amide bonds. The van der Waals surface area contributed by atoms with Gasteiger partial charge in [0.15, 0.2) is 5.78 Å². The van der Waals surface area contributed by atoms with Crippen molar-refractivity contribution in [3.05, 3.63) is 71.0 Å². The molecule has 0 saturated heterocycles. The van der Waals surface area contributed by atoms with Crippen molar-refractivity contribution in [3.63, 3.8) is 0 Å². The van der Waals surface area contributed by atoms with Crippen LogP contribution in [0.15, 0.2) is 48.7 Å². The van der Waals surface area contributed by atoms with Crippen molar-refractivity contribution in [2.75, 3.05) is 26.0 Å². The van der Waals surface area contributed by atoms with Gasteiger partial charge in [0.1, 0.15) is 5.82 Å². The van der Waals surface area contributed by atoms with Crippen LogP contribution < -0.4 is 5.32 Å². The number of aromatic amines is 1. The largest absolute Gasteiger partial charge is 0.358 e. The summed E-state index contributed by atoms with van der Waals surface area (Å²) in [4.78, 5) is 34.5. The Hall–Kier alpha value is -3.25. The number of benzene rings is 1. The first kappa shape index (κ1) is 20.0. The van der Waals surface area contributed by atoms with E-state index in [2.05, 4.69) is 27.4 Å². The van der Waals surface area contributed by atoms with Gasteiger partial charge in [0.25, 0.3) is 0 Å². The number of nitrogens with zero attached hydrogens (tertiary/aromatic N) is 2. The molecule has 6 heteroatoms. The zero-order valence-electron chi connectivity index (χ0n) is 17.4. The number of hydrogen-bond acceptors (Lipinski definition) is 4. The van der Waals surface area contributed by atoms with Crippen molar-refractivity contribution in [1.82, 2.24) is 14.9 Å². The summed E-state index contributed by atoms with van der Waals surface area (Å²) in [6.07, 6.45) is 4.71. The van der Waals surface area contributed by atoms with E-state index in [0.717, 1.165) is 46.5 Å². The predicted molar refractivity (Wildman–Crippen MR) is 118 cm³/mol. The highest BCUT2D eigenvalue weighted by molar-refractivity contribution is 6.01. The van der Waals surface area contributed by atoms with E-state index in [1.165, 1.54) is 0 Å². The second-order valence-corrected chi connectivity index (χ2v) is 7.99. The number of hydrogen-bond donors (Lipinski definition) is 2. The van der Waals surface area contributed by atoms with Crippen LogP contribution in [0.25, 0.3) is 11.3 Å². The minimum Gasteiger partial charge on any atom is -0.358 e. The Morgan fingerprint density at radius 2 is 1.97 bits per heavy atom. The number of H-pyrrole nitrogens is 1. The van der Waals surface area contributed by atoms with E-state index in [4.69, 9.17) is 0 Å². The smallest absolute Gasteiger partial charge is 0.239 e. The summed E-state index contributed by atoms with van der Waals surface area (Å²) in [5.41, 5.74) is 5.89. The summed E-state index contributed by atoms with van der Waals surface area (Å²) in [6, 6.07) is 14.0. The third-order valence-corrected chi connectivity index (χ3v) is 5.29. The van der Waals surface area contributed by atoms with Gasteiger partial charge in [-0.05, 0) is 50.2 Å². The summed E-state index contributed by atoms with van der Waals surface area (Å²) < 4.78 is 0. The van der Waals surface area contributed by atoms with Crippen molar-refractivity contribution >= 4 is 17.5 Å². The molecule has 3 aromatic rings. The van der Waals surface area contributed by atoms with Crippen molar-refractivity contribution < 1.29 is 9.59 Å². The lowest BCUT2D eigenvalue weighted by molar-refractivity contribution is -0.116. The van der Waals surface area contributed by atoms with Crippen LogP contribution in [0.3, 0.4) is 0 Å². The molecule has 1 aliphatic carbocycles. The molecule has 2 aromatic heterocycles. The lowest BCUT2D eigenvalue weighted by atomic mass is 9.90. The highest BCUT2D eigenvalue weighted by Crippen LogP contribution is 2.35. The van der Waals surface area contributed by atoms with Crippen LogP contribution in [0.5, 0.6) is 0 Å². The van der Waals surface area contributed by atoms with E-state index >= 15 is 0 Å². The number of rotatable bonds is 6. The molecule has 154 valence electrons. The summed E-state index contributed by atoms with van der Waals surface area (Å²) in [5, 5.41) is 2.85. The molecule has 0 saturated carbocycles. The van der Waals surface area contributed by atoms with Gasteiger partial charge in [-0.2, -0.15) is 0 Å². The number of likely N-dealkylation sites (N-methyl/N-ethyl adjacent to an activating group) is 1. The molecule has 0 bridgehead atoms. The molecule has 0 spiro atoms. The van der Waals surface area contributed by atoms with Gasteiger partial charge in [-0.3, -0.25) is 9.59 Å². The molecule has 6 nitrogen and oxygen atoms in total. The summed E-state index contributed by atoms with van der Waals surface area (Å²) >= 11 is 0. The van der Waals surface area contributed by atoms with Crippen LogP contribution in [0.2, 0.25) is 0 Å². The molecule has 0 unspecified atom stereocenters. The molecular weight excluding hydrogens is 376 g/mol. The van der Waals surface area contributed by atoms with Gasteiger partial charge in [0.05, 0.1) is 12.2 Å². The number of carbonyl (C=O) groups excluding carboxylic acids is 2. The average Bonchev–Trinajstić information content (AvgIpc) is 3.08. The Labute approximate surface area is 176 Å². The molecule has 2 N–H and O–H groups in total. The van der Waals surface area contributed by atoms with Crippen molar-refractivity contribution in [1.29, 1.82) is 0 Å². The molecule has 0 fully saturated rings. The second kappa shape index (κ2) is 8.63. The normalized spacial score (nSPS) is 13.4. The second-order valence-electron chi connectivity index (χ2n) is 7.99. The highest BCUT2D eigenvalue weighted by Gasteiger charge is 2.26. The number of carbonyl (C=O) groups is 2. The van der Waals surface area contributed by atoms with Gasteiger partial charge >= 0.3 is 0 Å². The number of ketones is 1. The molecule has 30 heavy (non-hydrogen) atoms. The molecular formula is C24H26N4O2. The minimum absolute atomic E-state index is 0.116. The predicted octanol–water partition coefficient (Wildman–Crippen LogP) is 3.69. The Morgan fingerprint density at radius 1 is 1.17 bits per heavy atom. The number of amides is 1. The molecule has 0 radical (unpaired) electrons. The van der Waals surface area contributed by atoms with Gasteiger partial charge in [-0.25, -0.2) is 4.98 Å². The standard InChI is InChI=1S/C24H26N4O2/c1-28(2)15-22(30)27-21-14-17(11-12-25-21)24-18(13-16-7-4-3-5-8-16)23-19(26-24)9-6-10-20(23)29/h3-5,7-8,11-12,14,26H,6,9-10,13,15H2,1-2H3,(H,25,27,30). The first-order valence-corrected chi connectivity index (χ1v) is 10.2. The van der Waals surface area contributed by atoms with Gasteiger partial charge < -0.3 is 15.2 Å². The van der Waals surface area contributed by atoms with Gasteiger partial charge in [-0.1, -0.05) is 30.3 Å². The highest BCUT2D eigenvalue weighted by atomic mass is 16.2. The quantitative estimate of drug-likeness (QED) is 0.659. The van der Waals surface area contributed by atoms with E-state index in [-0.39, 0.29) is 18.2 Å². The maximum Gasteiger partial charge on any atom is 0.239 e. The number of anilines is 1. The molecule has 1 aliphatic rings. The topological polar surface area (TPSA) is 78.1 Å². The Kier molecular flexibility index (Phi) is 5.77. The van der Waals surface area contributed by atoms with E-state index in [1.54, 1.807) is 6.20 Å². The van der Waals surface area contributed by atoms with Gasteiger partial charge in [-0.15, -0.1) is 0 Å².